The van der Waals surface area contributed by atoms with E-state index in [0.717, 1.165) is 0 Å². The first-order valence-electron chi connectivity index (χ1n) is 6.93. The minimum absolute atomic E-state index is 0.106. The first-order chi connectivity index (χ1) is 9.23. The molecule has 2 atom stereocenters. The van der Waals surface area contributed by atoms with Gasteiger partial charge in [-0.3, -0.25) is 0 Å². The van der Waals surface area contributed by atoms with Crippen LogP contribution in [-0.4, -0.2) is 48.1 Å². The highest BCUT2D eigenvalue weighted by Gasteiger charge is 2.55. The summed E-state index contributed by atoms with van der Waals surface area (Å²) < 4.78 is 15.4. The lowest BCUT2D eigenvalue weighted by molar-refractivity contribution is -0.216. The van der Waals surface area contributed by atoms with Gasteiger partial charge in [0, 0.05) is 0 Å². The summed E-state index contributed by atoms with van der Waals surface area (Å²) in [4.78, 5) is 24.1. The lowest BCUT2D eigenvalue weighted by Gasteiger charge is -2.38. The Morgan fingerprint density at radius 2 is 1.55 bits per heavy atom. The smallest absolute Gasteiger partial charge is 0.342 e. The van der Waals surface area contributed by atoms with E-state index in [-0.39, 0.29) is 19.3 Å². The van der Waals surface area contributed by atoms with E-state index in [9.17, 15) is 14.7 Å². The van der Waals surface area contributed by atoms with E-state index in [1.165, 1.54) is 0 Å². The Balaban J connectivity index is 5.60. The molecule has 0 amide bonds. The van der Waals surface area contributed by atoms with Crippen LogP contribution in [0.15, 0.2) is 0 Å². The first kappa shape index (κ1) is 18.9. The lowest BCUT2D eigenvalue weighted by atomic mass is 9.84. The van der Waals surface area contributed by atoms with Gasteiger partial charge in [-0.15, -0.1) is 0 Å². The lowest BCUT2D eigenvalue weighted by Crippen LogP contribution is -2.60. The molecule has 0 bridgehead atoms. The number of rotatable bonds is 8. The molecule has 20 heavy (non-hydrogen) atoms. The summed E-state index contributed by atoms with van der Waals surface area (Å²) in [5.74, 6) is -2.12. The number of ether oxygens (including phenoxy) is 3. The Morgan fingerprint density at radius 1 is 1.05 bits per heavy atom. The van der Waals surface area contributed by atoms with Crippen LogP contribution in [0.1, 0.15) is 41.5 Å². The molecule has 0 aliphatic carbocycles. The van der Waals surface area contributed by atoms with Crippen molar-refractivity contribution in [2.24, 2.45) is 5.92 Å². The zero-order valence-electron chi connectivity index (χ0n) is 13.1. The molecule has 0 aromatic carbocycles. The van der Waals surface area contributed by atoms with Gasteiger partial charge in [0.25, 0.3) is 0 Å². The van der Waals surface area contributed by atoms with Crippen molar-refractivity contribution in [1.29, 1.82) is 0 Å². The average Bonchev–Trinajstić information content (AvgIpc) is 2.34. The molecule has 6 nitrogen and oxygen atoms in total. The topological polar surface area (TPSA) is 82.1 Å². The van der Waals surface area contributed by atoms with Crippen molar-refractivity contribution in [3.05, 3.63) is 0 Å². The van der Waals surface area contributed by atoms with Gasteiger partial charge >= 0.3 is 11.9 Å². The van der Waals surface area contributed by atoms with E-state index in [0.29, 0.717) is 0 Å². The molecule has 0 aromatic heterocycles. The average molecular weight is 290 g/mol. The van der Waals surface area contributed by atoms with Gasteiger partial charge in [-0.25, -0.2) is 9.59 Å². The summed E-state index contributed by atoms with van der Waals surface area (Å²) in [6.45, 7) is 10.3. The van der Waals surface area contributed by atoms with Crippen molar-refractivity contribution in [3.8, 4) is 0 Å². The molecule has 0 fully saturated rings. The first-order valence-corrected chi connectivity index (χ1v) is 6.93. The van der Waals surface area contributed by atoms with Crippen molar-refractivity contribution >= 4 is 11.9 Å². The van der Waals surface area contributed by atoms with Crippen LogP contribution in [0.2, 0.25) is 0 Å². The van der Waals surface area contributed by atoms with Crippen LogP contribution in [0.3, 0.4) is 0 Å². The van der Waals surface area contributed by atoms with Gasteiger partial charge in [-0.1, -0.05) is 13.8 Å². The second kappa shape index (κ2) is 8.21. The number of hydrogen-bond donors (Lipinski definition) is 1. The predicted octanol–water partition coefficient (Wildman–Crippen LogP) is 1.29. The molecule has 0 spiro atoms. The zero-order valence-corrected chi connectivity index (χ0v) is 13.1. The molecule has 0 aliphatic heterocycles. The standard InChI is InChI=1S/C14H26O6/c1-7-18-12(16)11(15)14(9(3)4,20-10(5)6)13(17)19-8-2/h9-11,15H,7-8H2,1-6H3/t11?,14-/m1/s1. The van der Waals surface area contributed by atoms with Crippen molar-refractivity contribution in [2.75, 3.05) is 13.2 Å². The summed E-state index contributed by atoms with van der Waals surface area (Å²) in [5, 5.41) is 10.3. The molecular formula is C14H26O6. The summed E-state index contributed by atoms with van der Waals surface area (Å²) in [5.41, 5.74) is -1.77. The van der Waals surface area contributed by atoms with Crippen LogP contribution in [0.5, 0.6) is 0 Å². The number of hydrogen-bond acceptors (Lipinski definition) is 6. The van der Waals surface area contributed by atoms with Crippen LogP contribution in [0.4, 0.5) is 0 Å². The van der Waals surface area contributed by atoms with Crippen molar-refractivity contribution < 1.29 is 28.9 Å². The molecule has 1 N–H and O–H groups in total. The number of carbonyl (C=O) groups excluding carboxylic acids is 2. The molecule has 0 saturated heterocycles. The van der Waals surface area contributed by atoms with E-state index in [4.69, 9.17) is 14.2 Å². The Labute approximate surface area is 120 Å². The maximum Gasteiger partial charge on any atom is 0.342 e. The number of aliphatic hydroxyl groups is 1. The van der Waals surface area contributed by atoms with Gasteiger partial charge in [-0.05, 0) is 33.6 Å². The Morgan fingerprint density at radius 3 is 1.90 bits per heavy atom. The van der Waals surface area contributed by atoms with Crippen molar-refractivity contribution in [1.82, 2.24) is 0 Å². The minimum Gasteiger partial charge on any atom is -0.464 e. The Kier molecular flexibility index (Phi) is 7.75. The fourth-order valence-electron chi connectivity index (χ4n) is 1.94. The van der Waals surface area contributed by atoms with Gasteiger partial charge in [0.15, 0.2) is 6.10 Å². The highest BCUT2D eigenvalue weighted by atomic mass is 16.6. The van der Waals surface area contributed by atoms with Crippen LogP contribution in [-0.2, 0) is 23.8 Å². The van der Waals surface area contributed by atoms with Gasteiger partial charge in [0.2, 0.25) is 5.60 Å². The van der Waals surface area contributed by atoms with Gasteiger partial charge in [0.1, 0.15) is 0 Å². The monoisotopic (exact) mass is 290 g/mol. The number of carbonyl (C=O) groups is 2. The molecular weight excluding hydrogens is 264 g/mol. The van der Waals surface area contributed by atoms with E-state index in [1.807, 2.05) is 0 Å². The van der Waals surface area contributed by atoms with E-state index in [1.54, 1.807) is 41.5 Å². The second-order valence-corrected chi connectivity index (χ2v) is 4.99. The fraction of sp³-hybridized carbons (Fsp3) is 0.857. The number of esters is 2. The highest BCUT2D eigenvalue weighted by Crippen LogP contribution is 2.30. The third-order valence-corrected chi connectivity index (χ3v) is 2.80. The molecule has 118 valence electrons. The summed E-state index contributed by atoms with van der Waals surface area (Å²) in [6, 6.07) is 0. The number of aliphatic hydroxyl groups excluding tert-OH is 1. The van der Waals surface area contributed by atoms with Gasteiger partial charge < -0.3 is 19.3 Å². The van der Waals surface area contributed by atoms with E-state index < -0.39 is 29.6 Å². The Hall–Kier alpha value is -1.14. The SMILES string of the molecule is CCOC(=O)C(O)[C@@](OC(C)C)(C(=O)OCC)C(C)C. The fourth-order valence-corrected chi connectivity index (χ4v) is 1.94. The van der Waals surface area contributed by atoms with Crippen LogP contribution in [0.25, 0.3) is 0 Å². The van der Waals surface area contributed by atoms with Crippen molar-refractivity contribution in [2.45, 2.75) is 59.4 Å². The quantitative estimate of drug-likeness (QED) is 0.678. The minimum atomic E-state index is -1.77. The maximum absolute atomic E-state index is 12.3. The second-order valence-electron chi connectivity index (χ2n) is 4.99. The largest absolute Gasteiger partial charge is 0.464 e. The van der Waals surface area contributed by atoms with Crippen LogP contribution >= 0.6 is 0 Å². The third kappa shape index (κ3) is 4.18. The summed E-state index contributed by atoms with van der Waals surface area (Å²) >= 11 is 0. The van der Waals surface area contributed by atoms with E-state index >= 15 is 0 Å². The summed E-state index contributed by atoms with van der Waals surface area (Å²) in [7, 11) is 0. The molecule has 0 aromatic rings. The highest BCUT2D eigenvalue weighted by molar-refractivity contribution is 5.89. The zero-order chi connectivity index (χ0) is 15.9. The molecule has 0 radical (unpaired) electrons. The molecule has 6 heteroatoms. The predicted molar refractivity (Wildman–Crippen MR) is 73.1 cm³/mol. The maximum atomic E-state index is 12.3. The molecule has 0 rings (SSSR count). The molecule has 1 unspecified atom stereocenters. The van der Waals surface area contributed by atoms with Crippen molar-refractivity contribution in [3.63, 3.8) is 0 Å². The van der Waals surface area contributed by atoms with E-state index in [2.05, 4.69) is 0 Å². The summed E-state index contributed by atoms with van der Waals surface area (Å²) in [6.07, 6.45) is -2.10. The van der Waals surface area contributed by atoms with Crippen LogP contribution < -0.4 is 0 Å². The third-order valence-electron chi connectivity index (χ3n) is 2.80. The normalized spacial score (nSPS) is 15.8. The molecule has 0 aliphatic rings. The molecule has 0 heterocycles. The van der Waals surface area contributed by atoms with Gasteiger partial charge in [-0.2, -0.15) is 0 Å². The Bertz CT molecular complexity index is 326. The molecule has 0 saturated carbocycles. The van der Waals surface area contributed by atoms with Gasteiger partial charge in [0.05, 0.1) is 19.3 Å². The van der Waals surface area contributed by atoms with Crippen LogP contribution in [0, 0.1) is 5.92 Å².